The Bertz CT molecular complexity index is 1330. The van der Waals surface area contributed by atoms with Gasteiger partial charge in [-0.2, -0.15) is 0 Å². The van der Waals surface area contributed by atoms with Gasteiger partial charge in [-0.05, 0) is 73.4 Å². The Balaban J connectivity index is 1.29. The van der Waals surface area contributed by atoms with Crippen LogP contribution in [0.5, 0.6) is 0 Å². The van der Waals surface area contributed by atoms with Crippen LogP contribution in [0.2, 0.25) is 0 Å². The van der Waals surface area contributed by atoms with Gasteiger partial charge in [-0.25, -0.2) is 4.39 Å². The van der Waals surface area contributed by atoms with Gasteiger partial charge in [0.1, 0.15) is 5.82 Å². The van der Waals surface area contributed by atoms with E-state index in [1.54, 1.807) is 36.4 Å². The van der Waals surface area contributed by atoms with Gasteiger partial charge in [-0.3, -0.25) is 4.79 Å². The maximum absolute atomic E-state index is 13.9. The molecule has 6 nitrogen and oxygen atoms in total. The third-order valence-corrected chi connectivity index (χ3v) is 6.67. The highest BCUT2D eigenvalue weighted by atomic mass is 19.1. The van der Waals surface area contributed by atoms with E-state index >= 15 is 0 Å². The number of benzene rings is 3. The molecular weight excluding hydrogens is 445 g/mol. The number of ether oxygens (including phenoxy) is 1. The van der Waals surface area contributed by atoms with E-state index in [1.165, 1.54) is 6.07 Å². The van der Waals surface area contributed by atoms with E-state index in [0.29, 0.717) is 37.1 Å². The first kappa shape index (κ1) is 22.9. The number of rotatable bonds is 6. The van der Waals surface area contributed by atoms with Crippen molar-refractivity contribution in [3.8, 4) is 22.9 Å². The minimum atomic E-state index is -0.355. The minimum absolute atomic E-state index is 0.190. The highest BCUT2D eigenvalue weighted by molar-refractivity contribution is 5.94. The Kier molecular flexibility index (Phi) is 6.42. The summed E-state index contributed by atoms with van der Waals surface area (Å²) in [4.78, 5) is 12.9. The molecule has 5 rings (SSSR count). The summed E-state index contributed by atoms with van der Waals surface area (Å²) in [5.74, 6) is 0.383. The number of carbonyl (C=O) groups excluding carboxylic acids is 1. The van der Waals surface area contributed by atoms with Crippen molar-refractivity contribution >= 4 is 5.91 Å². The first-order chi connectivity index (χ1) is 17.0. The predicted octanol–water partition coefficient (Wildman–Crippen LogP) is 5.33. The number of amides is 1. The second-order valence-electron chi connectivity index (χ2n) is 8.89. The van der Waals surface area contributed by atoms with Crippen molar-refractivity contribution in [2.45, 2.75) is 25.2 Å². The van der Waals surface area contributed by atoms with Gasteiger partial charge in [0.2, 0.25) is 11.8 Å². The number of nitrogens with one attached hydrogen (secondary N) is 1. The summed E-state index contributed by atoms with van der Waals surface area (Å²) in [5.41, 5.74) is 3.73. The molecule has 7 heteroatoms. The number of aromatic nitrogens is 2. The van der Waals surface area contributed by atoms with Crippen LogP contribution in [0.15, 0.2) is 77.2 Å². The highest BCUT2D eigenvalue weighted by Gasteiger charge is 2.35. The fourth-order valence-electron chi connectivity index (χ4n) is 4.53. The lowest BCUT2D eigenvalue weighted by molar-refractivity contribution is 0.0486. The first-order valence-electron chi connectivity index (χ1n) is 11.7. The zero-order valence-corrected chi connectivity index (χ0v) is 19.5. The topological polar surface area (TPSA) is 77.2 Å². The molecule has 178 valence electrons. The molecule has 1 aliphatic rings. The summed E-state index contributed by atoms with van der Waals surface area (Å²) in [6.07, 6.45) is 1.44. The Morgan fingerprint density at radius 3 is 2.46 bits per heavy atom. The molecule has 0 aliphatic carbocycles. The van der Waals surface area contributed by atoms with Gasteiger partial charge in [0.15, 0.2) is 0 Å². The Labute approximate surface area is 203 Å². The molecule has 1 saturated heterocycles. The average molecular weight is 472 g/mol. The van der Waals surface area contributed by atoms with Crippen molar-refractivity contribution in [3.05, 3.63) is 95.3 Å². The second kappa shape index (κ2) is 9.80. The summed E-state index contributed by atoms with van der Waals surface area (Å²) < 4.78 is 25.3. The minimum Gasteiger partial charge on any atom is -0.416 e. The van der Waals surface area contributed by atoms with Gasteiger partial charge in [0.05, 0.1) is 0 Å². The van der Waals surface area contributed by atoms with Gasteiger partial charge in [0.25, 0.3) is 5.91 Å². The summed E-state index contributed by atoms with van der Waals surface area (Å²) in [7, 11) is 0. The van der Waals surface area contributed by atoms with E-state index in [1.807, 2.05) is 37.3 Å². The zero-order valence-electron chi connectivity index (χ0n) is 19.5. The van der Waals surface area contributed by atoms with Crippen LogP contribution in [0, 0.1) is 12.7 Å². The van der Waals surface area contributed by atoms with Crippen molar-refractivity contribution in [2.75, 3.05) is 19.8 Å². The number of nitrogens with zero attached hydrogens (tertiary/aromatic N) is 2. The Morgan fingerprint density at radius 1 is 0.971 bits per heavy atom. The molecule has 2 heterocycles. The molecule has 3 aromatic carbocycles. The third kappa shape index (κ3) is 4.86. The molecule has 0 bridgehead atoms. The van der Waals surface area contributed by atoms with Crippen LogP contribution in [-0.4, -0.2) is 35.9 Å². The van der Waals surface area contributed by atoms with Crippen LogP contribution in [0.1, 0.15) is 34.3 Å². The standard InChI is InChI=1S/C28H26FN3O3/c1-19-5-2-3-8-24(19)27-32-31-26(35-27)21-11-9-20(10-12-21)25(33)30-18-28(13-15-34-16-14-28)22-6-4-7-23(29)17-22/h2-12,17H,13-16,18H2,1H3,(H,30,33). The van der Waals surface area contributed by atoms with E-state index in [-0.39, 0.29) is 17.1 Å². The fraction of sp³-hybridized carbons (Fsp3) is 0.250. The molecule has 0 saturated carbocycles. The van der Waals surface area contributed by atoms with Crippen LogP contribution < -0.4 is 5.32 Å². The van der Waals surface area contributed by atoms with Crippen molar-refractivity contribution in [3.63, 3.8) is 0 Å². The maximum Gasteiger partial charge on any atom is 0.251 e. The molecule has 1 aromatic heterocycles. The van der Waals surface area contributed by atoms with Crippen LogP contribution in [0.25, 0.3) is 22.9 Å². The van der Waals surface area contributed by atoms with Crippen molar-refractivity contribution in [2.24, 2.45) is 0 Å². The van der Waals surface area contributed by atoms with Gasteiger partial charge < -0.3 is 14.5 Å². The van der Waals surface area contributed by atoms with Gasteiger partial charge in [-0.15, -0.1) is 10.2 Å². The maximum atomic E-state index is 13.9. The molecular formula is C28H26FN3O3. The Hall–Kier alpha value is -3.84. The van der Waals surface area contributed by atoms with Gasteiger partial charge >= 0.3 is 0 Å². The van der Waals surface area contributed by atoms with Crippen molar-refractivity contribution < 1.29 is 18.3 Å². The lowest BCUT2D eigenvalue weighted by Gasteiger charge is -2.38. The van der Waals surface area contributed by atoms with E-state index in [9.17, 15) is 9.18 Å². The van der Waals surface area contributed by atoms with Crippen molar-refractivity contribution in [1.82, 2.24) is 15.5 Å². The summed E-state index contributed by atoms with van der Waals surface area (Å²) in [6, 6.07) is 21.5. The normalized spacial score (nSPS) is 15.0. The lowest BCUT2D eigenvalue weighted by atomic mass is 9.74. The zero-order chi connectivity index (χ0) is 24.3. The molecule has 0 radical (unpaired) electrons. The molecule has 0 spiro atoms. The smallest absolute Gasteiger partial charge is 0.251 e. The van der Waals surface area contributed by atoms with Crippen molar-refractivity contribution in [1.29, 1.82) is 0 Å². The van der Waals surface area contributed by atoms with E-state index in [2.05, 4.69) is 15.5 Å². The second-order valence-corrected chi connectivity index (χ2v) is 8.89. The molecule has 1 fully saturated rings. The number of hydrogen-bond acceptors (Lipinski definition) is 5. The number of hydrogen-bond donors (Lipinski definition) is 1. The fourth-order valence-corrected chi connectivity index (χ4v) is 4.53. The number of aryl methyl sites for hydroxylation is 1. The summed E-state index contributed by atoms with van der Waals surface area (Å²) in [5, 5.41) is 11.4. The van der Waals surface area contributed by atoms with E-state index in [0.717, 1.165) is 35.1 Å². The predicted molar refractivity (Wildman–Crippen MR) is 130 cm³/mol. The lowest BCUT2D eigenvalue weighted by Crippen LogP contribution is -2.44. The SMILES string of the molecule is Cc1ccccc1-c1nnc(-c2ccc(C(=O)NCC3(c4cccc(F)c4)CCOCC3)cc2)o1. The Morgan fingerprint density at radius 2 is 1.71 bits per heavy atom. The van der Waals surface area contributed by atoms with Gasteiger partial charge in [-0.1, -0.05) is 30.3 Å². The first-order valence-corrected chi connectivity index (χ1v) is 11.7. The molecule has 1 aliphatic heterocycles. The van der Waals surface area contributed by atoms with Crippen LogP contribution in [0.4, 0.5) is 4.39 Å². The molecule has 35 heavy (non-hydrogen) atoms. The van der Waals surface area contributed by atoms with Crippen LogP contribution in [-0.2, 0) is 10.2 Å². The van der Waals surface area contributed by atoms with Crippen LogP contribution >= 0.6 is 0 Å². The molecule has 1 amide bonds. The quantitative estimate of drug-likeness (QED) is 0.411. The summed E-state index contributed by atoms with van der Waals surface area (Å²) >= 11 is 0. The highest BCUT2D eigenvalue weighted by Crippen LogP contribution is 2.35. The third-order valence-electron chi connectivity index (χ3n) is 6.67. The van der Waals surface area contributed by atoms with E-state index in [4.69, 9.17) is 9.15 Å². The molecule has 4 aromatic rings. The number of halogens is 1. The van der Waals surface area contributed by atoms with E-state index < -0.39 is 0 Å². The monoisotopic (exact) mass is 471 g/mol. The number of carbonyl (C=O) groups is 1. The average Bonchev–Trinajstić information content (AvgIpc) is 3.38. The summed E-state index contributed by atoms with van der Waals surface area (Å²) in [6.45, 7) is 3.56. The van der Waals surface area contributed by atoms with Gasteiger partial charge in [0, 0.05) is 41.9 Å². The largest absolute Gasteiger partial charge is 0.416 e. The molecule has 1 N–H and O–H groups in total. The molecule has 0 atom stereocenters. The van der Waals surface area contributed by atoms with Crippen LogP contribution in [0.3, 0.4) is 0 Å². The molecule has 0 unspecified atom stereocenters.